The van der Waals surface area contributed by atoms with Gasteiger partial charge in [0.05, 0.1) is 12.3 Å². The van der Waals surface area contributed by atoms with E-state index in [0.29, 0.717) is 19.3 Å². The number of esters is 2. The Hall–Kier alpha value is -3.06. The number of rotatable bonds is 42. The predicted octanol–water partition coefficient (Wildman–Crippen LogP) is 14.9. The summed E-state index contributed by atoms with van der Waals surface area (Å²) in [6, 6.07) is 0. The molecular formula is C52H86F9NO9. The maximum atomic E-state index is 13.6. The lowest BCUT2D eigenvalue weighted by atomic mass is 9.83. The maximum absolute atomic E-state index is 13.6. The molecule has 0 N–H and O–H groups in total. The Morgan fingerprint density at radius 1 is 0.620 bits per heavy atom. The minimum Gasteiger partial charge on any atom is -0.465 e. The lowest BCUT2D eigenvalue weighted by Crippen LogP contribution is -2.42. The molecule has 0 aromatic heterocycles. The smallest absolute Gasteiger partial charge is 0.465 e. The highest BCUT2D eigenvalue weighted by atomic mass is 19.4. The first-order valence-corrected chi connectivity index (χ1v) is 26.0. The number of nitrogens with zero attached hydrogens (tertiary/aromatic N) is 1. The van der Waals surface area contributed by atoms with E-state index in [1.165, 1.54) is 19.3 Å². The Morgan fingerprint density at radius 2 is 1.13 bits per heavy atom. The normalized spacial score (nSPS) is 17.2. The van der Waals surface area contributed by atoms with E-state index in [1.54, 1.807) is 0 Å². The van der Waals surface area contributed by atoms with Gasteiger partial charge >= 0.3 is 42.0 Å². The predicted molar refractivity (Wildman–Crippen MR) is 255 cm³/mol. The average Bonchev–Trinajstić information content (AvgIpc) is 3.29. The highest BCUT2D eigenvalue weighted by Gasteiger charge is 2.56. The Balaban J connectivity index is 2.71. The molecule has 10 nitrogen and oxygen atoms in total. The van der Waals surface area contributed by atoms with E-state index in [0.717, 1.165) is 70.9 Å². The van der Waals surface area contributed by atoms with E-state index in [2.05, 4.69) is 36.1 Å². The van der Waals surface area contributed by atoms with Crippen LogP contribution in [0.4, 0.5) is 44.3 Å². The van der Waals surface area contributed by atoms with E-state index in [9.17, 15) is 53.9 Å². The van der Waals surface area contributed by atoms with Crippen molar-refractivity contribution in [2.45, 2.75) is 218 Å². The molecule has 416 valence electrons. The summed E-state index contributed by atoms with van der Waals surface area (Å²) in [7, 11) is 2.00. The van der Waals surface area contributed by atoms with Gasteiger partial charge in [-0.25, -0.2) is 13.6 Å². The molecule has 3 atom stereocenters. The number of halogens is 9. The summed E-state index contributed by atoms with van der Waals surface area (Å²) in [5, 5.41) is 0. The molecule has 0 bridgehead atoms. The van der Waals surface area contributed by atoms with Crippen LogP contribution >= 0.6 is 0 Å². The monoisotopic (exact) mass is 1040 g/mol. The fourth-order valence-corrected chi connectivity index (χ4v) is 7.80. The van der Waals surface area contributed by atoms with Gasteiger partial charge in [0.2, 0.25) is 0 Å². The van der Waals surface area contributed by atoms with Gasteiger partial charge in [0, 0.05) is 57.8 Å². The van der Waals surface area contributed by atoms with E-state index >= 15 is 0 Å². The summed E-state index contributed by atoms with van der Waals surface area (Å²) in [5.41, 5.74) is -0.249. The van der Waals surface area contributed by atoms with Gasteiger partial charge < -0.3 is 33.3 Å². The van der Waals surface area contributed by atoms with Crippen LogP contribution in [-0.2, 0) is 38.0 Å². The molecule has 3 unspecified atom stereocenters. The van der Waals surface area contributed by atoms with E-state index in [1.807, 2.05) is 14.0 Å². The van der Waals surface area contributed by atoms with Gasteiger partial charge in [-0.1, -0.05) is 95.9 Å². The zero-order valence-corrected chi connectivity index (χ0v) is 43.0. The van der Waals surface area contributed by atoms with Crippen molar-refractivity contribution in [3.05, 3.63) is 24.3 Å². The number of allylic oxidation sites excluding steroid dienone is 4. The number of hydrogen-bond acceptors (Lipinski definition) is 10. The van der Waals surface area contributed by atoms with Crippen LogP contribution in [0.1, 0.15) is 188 Å². The Bertz CT molecular complexity index is 1440. The maximum Gasteiger partial charge on any atom is 0.508 e. The Kier molecular flexibility index (Phi) is 34.2. The van der Waals surface area contributed by atoms with Gasteiger partial charge in [0.25, 0.3) is 0 Å². The van der Waals surface area contributed by atoms with Crippen molar-refractivity contribution in [3.8, 4) is 0 Å². The van der Waals surface area contributed by atoms with Crippen molar-refractivity contribution < 1.29 is 82.3 Å². The highest BCUT2D eigenvalue weighted by molar-refractivity contribution is 5.69. The van der Waals surface area contributed by atoms with Gasteiger partial charge in [-0.05, 0) is 90.6 Å². The van der Waals surface area contributed by atoms with Crippen molar-refractivity contribution in [3.63, 3.8) is 0 Å². The molecule has 19 heteroatoms. The molecule has 1 rings (SSSR count). The molecule has 0 amide bonds. The molecule has 0 saturated carbocycles. The SMILES string of the molecule is CCCCC/C=C\C/C=C\CCCCCCCC(=O)OCC(COC(=O)CCC(OCCCCCCC(F)(F)C(C)(F)F)OCCCCCCC(F)(F)C(F)(F)F)COC(=O)OCC1(C)CCCN(C)C1. The van der Waals surface area contributed by atoms with Crippen molar-refractivity contribution in [1.82, 2.24) is 4.90 Å². The second-order valence-corrected chi connectivity index (χ2v) is 19.5. The van der Waals surface area contributed by atoms with Crippen molar-refractivity contribution in [2.75, 3.05) is 59.8 Å². The second kappa shape index (κ2) is 36.8. The summed E-state index contributed by atoms with van der Waals surface area (Å²) in [6.07, 6.45) is 13.2. The molecule has 0 radical (unpaired) electrons. The van der Waals surface area contributed by atoms with Crippen LogP contribution in [0.5, 0.6) is 0 Å². The summed E-state index contributed by atoms with van der Waals surface area (Å²) in [5.74, 6) is -14.9. The van der Waals surface area contributed by atoms with Crippen molar-refractivity contribution >= 4 is 18.1 Å². The van der Waals surface area contributed by atoms with Crippen LogP contribution in [0.25, 0.3) is 0 Å². The van der Waals surface area contributed by atoms with Gasteiger partial charge in [0.15, 0.2) is 6.29 Å². The van der Waals surface area contributed by atoms with E-state index < -0.39 is 67.1 Å². The van der Waals surface area contributed by atoms with Gasteiger partial charge in [-0.15, -0.1) is 0 Å². The number of carbonyl (C=O) groups is 3. The molecule has 1 aliphatic heterocycles. The van der Waals surface area contributed by atoms with Crippen LogP contribution in [0, 0.1) is 11.3 Å². The van der Waals surface area contributed by atoms with E-state index in [-0.39, 0.29) is 110 Å². The molecule has 0 spiro atoms. The van der Waals surface area contributed by atoms with Crippen LogP contribution in [-0.4, -0.2) is 113 Å². The third-order valence-corrected chi connectivity index (χ3v) is 12.3. The fourth-order valence-electron chi connectivity index (χ4n) is 7.80. The third kappa shape index (κ3) is 33.4. The first-order valence-electron chi connectivity index (χ1n) is 26.0. The average molecular weight is 1040 g/mol. The molecule has 1 saturated heterocycles. The minimum absolute atomic E-state index is 0.0155. The largest absolute Gasteiger partial charge is 0.508 e. The lowest BCUT2D eigenvalue weighted by molar-refractivity contribution is -0.284. The summed E-state index contributed by atoms with van der Waals surface area (Å²) < 4.78 is 151. The zero-order chi connectivity index (χ0) is 53.1. The number of ether oxygens (including phenoxy) is 6. The lowest BCUT2D eigenvalue weighted by Gasteiger charge is -2.38. The first-order chi connectivity index (χ1) is 33.5. The van der Waals surface area contributed by atoms with E-state index in [4.69, 9.17) is 28.4 Å². The number of unbranched alkanes of at least 4 members (excludes halogenated alkanes) is 14. The fraction of sp³-hybridized carbons (Fsp3) is 0.865. The molecular weight excluding hydrogens is 954 g/mol. The summed E-state index contributed by atoms with van der Waals surface area (Å²) in [4.78, 5) is 40.5. The molecule has 0 aliphatic carbocycles. The highest BCUT2D eigenvalue weighted by Crippen LogP contribution is 2.40. The van der Waals surface area contributed by atoms with Gasteiger partial charge in [-0.2, -0.15) is 30.7 Å². The number of carbonyl (C=O) groups excluding carboxylic acids is 3. The number of likely N-dealkylation sites (tertiary alicyclic amines) is 1. The molecule has 1 aliphatic rings. The summed E-state index contributed by atoms with van der Waals surface area (Å²) in [6.45, 7) is 5.53. The van der Waals surface area contributed by atoms with Crippen LogP contribution in [0.2, 0.25) is 0 Å². The quantitative estimate of drug-likeness (QED) is 0.0146. The van der Waals surface area contributed by atoms with Crippen LogP contribution in [0.3, 0.4) is 0 Å². The molecule has 71 heavy (non-hydrogen) atoms. The third-order valence-electron chi connectivity index (χ3n) is 12.3. The first kappa shape index (κ1) is 66.0. The van der Waals surface area contributed by atoms with Crippen LogP contribution in [0.15, 0.2) is 24.3 Å². The number of hydrogen-bond donors (Lipinski definition) is 0. The van der Waals surface area contributed by atoms with Gasteiger partial charge in [0.1, 0.15) is 26.4 Å². The molecule has 1 heterocycles. The van der Waals surface area contributed by atoms with Gasteiger partial charge in [-0.3, -0.25) is 9.59 Å². The zero-order valence-electron chi connectivity index (χ0n) is 43.0. The molecule has 1 fully saturated rings. The Labute approximate surface area is 417 Å². The Morgan fingerprint density at radius 3 is 1.69 bits per heavy atom. The van der Waals surface area contributed by atoms with Crippen LogP contribution < -0.4 is 0 Å². The second-order valence-electron chi connectivity index (χ2n) is 19.5. The molecule has 0 aromatic rings. The number of alkyl halides is 9. The van der Waals surface area contributed by atoms with Crippen molar-refractivity contribution in [1.29, 1.82) is 0 Å². The molecule has 0 aromatic carbocycles. The summed E-state index contributed by atoms with van der Waals surface area (Å²) >= 11 is 0. The minimum atomic E-state index is -5.63. The standard InChI is InChI=1S/C52H86F9NO9/c1-5-6-7-8-9-10-11-12-13-14-15-16-17-18-23-29-44(63)68-38-43(40-70-47(65)71-42-48(2)32-28-35-62(4)41-48)39-69-45(64)30-31-46(66-36-26-21-19-24-33-50(55,56)49(3,53)54)67-37-27-22-20-25-34-51(57,58)52(59,60)61/h9-10,12-13,43,46H,5-8,11,14-42H2,1-4H3/b10-9-,13-12-. The number of piperidine rings is 1. The van der Waals surface area contributed by atoms with Crippen molar-refractivity contribution in [2.24, 2.45) is 11.3 Å². The topological polar surface area (TPSA) is 110 Å².